The predicted octanol–water partition coefficient (Wildman–Crippen LogP) is 4.26. The molecule has 1 aromatic heterocycles. The summed E-state index contributed by atoms with van der Waals surface area (Å²) < 4.78 is 0. The third-order valence-electron chi connectivity index (χ3n) is 5.06. The zero-order valence-corrected chi connectivity index (χ0v) is 17.3. The highest BCUT2D eigenvalue weighted by Crippen LogP contribution is 2.32. The Balaban J connectivity index is 1.55. The van der Waals surface area contributed by atoms with E-state index in [-0.39, 0.29) is 17.6 Å². The maximum Gasteiger partial charge on any atom is 0.254 e. The number of ketones is 1. The molecule has 30 heavy (non-hydrogen) atoms. The van der Waals surface area contributed by atoms with Crippen LogP contribution in [0.25, 0.3) is 11.3 Å². The van der Waals surface area contributed by atoms with Crippen molar-refractivity contribution in [1.29, 1.82) is 0 Å². The van der Waals surface area contributed by atoms with Crippen LogP contribution in [0.3, 0.4) is 0 Å². The smallest absolute Gasteiger partial charge is 0.254 e. The first-order valence-electron chi connectivity index (χ1n) is 9.78. The molecule has 2 aromatic carbocycles. The molecule has 7 heteroatoms. The summed E-state index contributed by atoms with van der Waals surface area (Å²) in [6.07, 6.45) is 1.36. The molecule has 6 nitrogen and oxygen atoms in total. The lowest BCUT2D eigenvalue weighted by atomic mass is 10.1. The first-order valence-corrected chi connectivity index (χ1v) is 10.6. The quantitative estimate of drug-likeness (QED) is 0.627. The van der Waals surface area contributed by atoms with Crippen LogP contribution >= 0.6 is 11.3 Å². The van der Waals surface area contributed by atoms with Gasteiger partial charge >= 0.3 is 0 Å². The van der Waals surface area contributed by atoms with Crippen LogP contribution in [0.4, 0.5) is 5.13 Å². The van der Waals surface area contributed by atoms with Crippen LogP contribution in [0.2, 0.25) is 0 Å². The van der Waals surface area contributed by atoms with E-state index in [0.717, 1.165) is 23.3 Å². The molecule has 3 aromatic rings. The van der Waals surface area contributed by atoms with Crippen molar-refractivity contribution in [2.24, 2.45) is 0 Å². The largest absolute Gasteiger partial charge is 0.327 e. The van der Waals surface area contributed by atoms with Crippen molar-refractivity contribution < 1.29 is 14.4 Å². The molecule has 1 aliphatic heterocycles. The number of rotatable bonds is 5. The highest BCUT2D eigenvalue weighted by atomic mass is 32.1. The van der Waals surface area contributed by atoms with Gasteiger partial charge in [-0.3, -0.25) is 14.4 Å². The number of anilines is 1. The SMILES string of the molecule is CC(=O)c1sc(NC(=O)[C@H]2CCCN2C(=O)c2ccccc2)nc1-c1ccccc1. The van der Waals surface area contributed by atoms with E-state index in [4.69, 9.17) is 0 Å². The molecule has 0 radical (unpaired) electrons. The monoisotopic (exact) mass is 419 g/mol. The number of likely N-dealkylation sites (tertiary alicyclic amines) is 1. The maximum atomic E-state index is 13.0. The molecular formula is C23H21N3O3S. The Morgan fingerprint density at radius 2 is 1.70 bits per heavy atom. The van der Waals surface area contributed by atoms with Crippen molar-refractivity contribution in [2.75, 3.05) is 11.9 Å². The standard InChI is InChI=1S/C23H21N3O3S/c1-15(27)20-19(16-9-4-2-5-10-16)24-23(30-20)25-21(28)18-13-8-14-26(18)22(29)17-11-6-3-7-12-17/h2-7,9-12,18H,8,13-14H2,1H3,(H,24,25,28)/t18-/m1/s1. The Morgan fingerprint density at radius 3 is 2.37 bits per heavy atom. The van der Waals surface area contributed by atoms with Gasteiger partial charge in [-0.15, -0.1) is 0 Å². The summed E-state index contributed by atoms with van der Waals surface area (Å²) >= 11 is 1.16. The van der Waals surface area contributed by atoms with E-state index in [2.05, 4.69) is 10.3 Å². The van der Waals surface area contributed by atoms with E-state index in [0.29, 0.717) is 34.2 Å². The van der Waals surface area contributed by atoms with Crippen LogP contribution in [0.1, 0.15) is 39.8 Å². The Kier molecular flexibility index (Phi) is 5.72. The number of hydrogen-bond acceptors (Lipinski definition) is 5. The Hall–Kier alpha value is -3.32. The van der Waals surface area contributed by atoms with Crippen LogP contribution in [-0.2, 0) is 4.79 Å². The highest BCUT2D eigenvalue weighted by Gasteiger charge is 2.35. The second kappa shape index (κ2) is 8.59. The first-order chi connectivity index (χ1) is 14.5. The van der Waals surface area contributed by atoms with Crippen molar-refractivity contribution in [3.05, 3.63) is 71.1 Å². The molecule has 1 fully saturated rings. The Morgan fingerprint density at radius 1 is 1.03 bits per heavy atom. The molecule has 1 N–H and O–H groups in total. The number of amides is 2. The van der Waals surface area contributed by atoms with Gasteiger partial charge in [-0.25, -0.2) is 4.98 Å². The van der Waals surface area contributed by atoms with E-state index >= 15 is 0 Å². The van der Waals surface area contributed by atoms with Gasteiger partial charge in [0.15, 0.2) is 10.9 Å². The molecular weight excluding hydrogens is 398 g/mol. The summed E-state index contributed by atoms with van der Waals surface area (Å²) in [6.45, 7) is 2.03. The minimum Gasteiger partial charge on any atom is -0.327 e. The second-order valence-corrected chi connectivity index (χ2v) is 8.13. The average molecular weight is 420 g/mol. The van der Waals surface area contributed by atoms with Gasteiger partial charge in [0.1, 0.15) is 6.04 Å². The lowest BCUT2D eigenvalue weighted by molar-refractivity contribution is -0.119. The van der Waals surface area contributed by atoms with E-state index in [1.165, 1.54) is 6.92 Å². The van der Waals surface area contributed by atoms with Crippen LogP contribution in [-0.4, -0.2) is 40.1 Å². The molecule has 2 heterocycles. The molecule has 4 rings (SSSR count). The second-order valence-electron chi connectivity index (χ2n) is 7.13. The number of carbonyl (C=O) groups is 3. The van der Waals surface area contributed by atoms with Gasteiger partial charge in [-0.1, -0.05) is 59.9 Å². The molecule has 0 unspecified atom stereocenters. The van der Waals surface area contributed by atoms with E-state index in [9.17, 15) is 14.4 Å². The van der Waals surface area contributed by atoms with Gasteiger partial charge in [-0.05, 0) is 25.0 Å². The topological polar surface area (TPSA) is 79.4 Å². The van der Waals surface area contributed by atoms with Crippen LogP contribution < -0.4 is 5.32 Å². The van der Waals surface area contributed by atoms with Crippen LogP contribution in [0, 0.1) is 0 Å². The summed E-state index contributed by atoms with van der Waals surface area (Å²) in [6, 6.07) is 17.8. The van der Waals surface area contributed by atoms with Crippen LogP contribution in [0.5, 0.6) is 0 Å². The number of nitrogens with zero attached hydrogens (tertiary/aromatic N) is 2. The molecule has 0 bridgehead atoms. The normalized spacial score (nSPS) is 15.8. The summed E-state index contributed by atoms with van der Waals surface area (Å²) in [5.74, 6) is -0.532. The van der Waals surface area contributed by atoms with Gasteiger partial charge in [0.25, 0.3) is 5.91 Å². The summed E-state index contributed by atoms with van der Waals surface area (Å²) in [4.78, 5) is 44.5. The van der Waals surface area contributed by atoms with Crippen molar-refractivity contribution in [3.8, 4) is 11.3 Å². The van der Waals surface area contributed by atoms with Gasteiger partial charge in [-0.2, -0.15) is 0 Å². The molecule has 0 saturated carbocycles. The van der Waals surface area contributed by atoms with Crippen LogP contribution in [0.15, 0.2) is 60.7 Å². The fourth-order valence-corrected chi connectivity index (χ4v) is 4.51. The molecule has 0 aliphatic carbocycles. The van der Waals surface area contributed by atoms with Gasteiger partial charge < -0.3 is 10.2 Å². The average Bonchev–Trinajstić information content (AvgIpc) is 3.42. The molecule has 0 spiro atoms. The van der Waals surface area contributed by atoms with E-state index in [1.807, 2.05) is 48.5 Å². The van der Waals surface area contributed by atoms with Crippen molar-refractivity contribution in [3.63, 3.8) is 0 Å². The van der Waals surface area contributed by atoms with Crippen molar-refractivity contribution >= 4 is 34.1 Å². The lowest BCUT2D eigenvalue weighted by Crippen LogP contribution is -2.43. The van der Waals surface area contributed by atoms with E-state index < -0.39 is 6.04 Å². The first kappa shape index (κ1) is 20.0. The lowest BCUT2D eigenvalue weighted by Gasteiger charge is -2.23. The zero-order chi connectivity index (χ0) is 21.1. The van der Waals surface area contributed by atoms with Crippen molar-refractivity contribution in [2.45, 2.75) is 25.8 Å². The minimum atomic E-state index is -0.553. The van der Waals surface area contributed by atoms with Crippen molar-refractivity contribution in [1.82, 2.24) is 9.88 Å². The molecule has 1 atom stereocenters. The Labute approximate surface area is 178 Å². The number of aromatic nitrogens is 1. The fourth-order valence-electron chi connectivity index (χ4n) is 3.62. The van der Waals surface area contributed by atoms with Gasteiger partial charge in [0.05, 0.1) is 10.6 Å². The number of hydrogen-bond donors (Lipinski definition) is 1. The third kappa shape index (κ3) is 4.02. The summed E-state index contributed by atoms with van der Waals surface area (Å²) in [7, 11) is 0. The maximum absolute atomic E-state index is 13.0. The summed E-state index contributed by atoms with van der Waals surface area (Å²) in [5.41, 5.74) is 1.95. The fraction of sp³-hybridized carbons (Fsp3) is 0.217. The molecule has 1 aliphatic rings. The minimum absolute atomic E-state index is 0.103. The zero-order valence-electron chi connectivity index (χ0n) is 16.5. The number of nitrogens with one attached hydrogen (secondary N) is 1. The number of benzene rings is 2. The predicted molar refractivity (Wildman–Crippen MR) is 117 cm³/mol. The van der Waals surface area contributed by atoms with E-state index in [1.54, 1.807) is 17.0 Å². The summed E-state index contributed by atoms with van der Waals surface area (Å²) in [5, 5.41) is 3.19. The van der Waals surface area contributed by atoms with Gasteiger partial charge in [0, 0.05) is 24.6 Å². The number of thiazole rings is 1. The Bertz CT molecular complexity index is 1080. The number of carbonyl (C=O) groups excluding carboxylic acids is 3. The molecule has 152 valence electrons. The third-order valence-corrected chi connectivity index (χ3v) is 6.13. The number of Topliss-reactive ketones (excluding diaryl/α,β-unsaturated/α-hetero) is 1. The molecule has 2 amide bonds. The van der Waals surface area contributed by atoms with Gasteiger partial charge in [0.2, 0.25) is 5.91 Å². The highest BCUT2D eigenvalue weighted by molar-refractivity contribution is 7.18. The molecule has 1 saturated heterocycles.